The molecule has 17 heavy (non-hydrogen) atoms. The van der Waals surface area contributed by atoms with Crippen LogP contribution < -0.4 is 10.5 Å². The number of nitrogens with two attached hydrogens (primary N) is 1. The van der Waals surface area contributed by atoms with E-state index in [9.17, 15) is 0 Å². The van der Waals surface area contributed by atoms with Crippen molar-refractivity contribution in [2.24, 2.45) is 5.73 Å². The fourth-order valence-electron chi connectivity index (χ4n) is 1.36. The molecule has 2 rings (SSSR count). The van der Waals surface area contributed by atoms with Crippen molar-refractivity contribution in [2.75, 3.05) is 6.61 Å². The summed E-state index contributed by atoms with van der Waals surface area (Å²) in [5.41, 5.74) is 6.05. The summed E-state index contributed by atoms with van der Waals surface area (Å²) in [6, 6.07) is 9.12. The first-order valence-corrected chi connectivity index (χ1v) is 7.08. The second kappa shape index (κ2) is 5.87. The number of hydrogen-bond acceptors (Lipinski definition) is 3. The van der Waals surface area contributed by atoms with Crippen LogP contribution in [0.25, 0.3) is 0 Å². The summed E-state index contributed by atoms with van der Waals surface area (Å²) in [6.07, 6.45) is 0. The largest absolute Gasteiger partial charge is 0.492 e. The molecule has 1 aromatic carbocycles. The smallest absolute Gasteiger partial charge is 0.119 e. The van der Waals surface area contributed by atoms with Crippen LogP contribution in [-0.2, 0) is 0 Å². The summed E-state index contributed by atoms with van der Waals surface area (Å²) < 4.78 is 6.64. The van der Waals surface area contributed by atoms with Gasteiger partial charge < -0.3 is 10.5 Å². The molecule has 0 fully saturated rings. The van der Waals surface area contributed by atoms with E-state index in [4.69, 9.17) is 22.1 Å². The fraction of sp³-hybridized carbons (Fsp3) is 0.167. The summed E-state index contributed by atoms with van der Waals surface area (Å²) in [5, 5.41) is 2.70. The second-order valence-corrected chi connectivity index (χ2v) is 5.74. The number of halogens is 2. The highest BCUT2D eigenvalue weighted by Gasteiger charge is 2.11. The van der Waals surface area contributed by atoms with E-state index in [2.05, 4.69) is 15.9 Å². The SMILES string of the molecule is NC(COc1ccc(Cl)cc1)c1sccc1Br. The highest BCUT2D eigenvalue weighted by atomic mass is 79.9. The number of thiophene rings is 1. The zero-order valence-corrected chi connectivity index (χ0v) is 12.1. The molecule has 2 nitrogen and oxygen atoms in total. The molecule has 0 saturated heterocycles. The van der Waals surface area contributed by atoms with E-state index in [1.807, 2.05) is 23.6 Å². The number of hydrogen-bond donors (Lipinski definition) is 1. The first-order chi connectivity index (χ1) is 8.16. The van der Waals surface area contributed by atoms with Crippen LogP contribution in [0.5, 0.6) is 5.75 Å². The van der Waals surface area contributed by atoms with Crippen molar-refractivity contribution in [3.05, 3.63) is 50.1 Å². The van der Waals surface area contributed by atoms with Crippen LogP contribution in [0.3, 0.4) is 0 Å². The topological polar surface area (TPSA) is 35.2 Å². The van der Waals surface area contributed by atoms with Crippen LogP contribution in [0.1, 0.15) is 10.9 Å². The van der Waals surface area contributed by atoms with Crippen molar-refractivity contribution in [3.63, 3.8) is 0 Å². The summed E-state index contributed by atoms with van der Waals surface area (Å²) >= 11 is 10.9. The third-order valence-electron chi connectivity index (χ3n) is 2.22. The van der Waals surface area contributed by atoms with Crippen molar-refractivity contribution < 1.29 is 4.74 Å². The zero-order valence-electron chi connectivity index (χ0n) is 8.90. The molecule has 1 aromatic heterocycles. The van der Waals surface area contributed by atoms with E-state index in [1.54, 1.807) is 23.5 Å². The summed E-state index contributed by atoms with van der Waals surface area (Å²) in [7, 11) is 0. The molecule has 0 aliphatic carbocycles. The van der Waals surface area contributed by atoms with Crippen molar-refractivity contribution >= 4 is 38.9 Å². The Kier molecular flexibility index (Phi) is 4.45. The van der Waals surface area contributed by atoms with Crippen molar-refractivity contribution in [3.8, 4) is 5.75 Å². The van der Waals surface area contributed by atoms with E-state index in [0.717, 1.165) is 15.1 Å². The minimum absolute atomic E-state index is 0.125. The van der Waals surface area contributed by atoms with E-state index >= 15 is 0 Å². The molecule has 0 aliphatic heterocycles. The molecular formula is C12H11BrClNOS. The Morgan fingerprint density at radius 2 is 2.00 bits per heavy atom. The van der Waals surface area contributed by atoms with Crippen molar-refractivity contribution in [1.29, 1.82) is 0 Å². The van der Waals surface area contributed by atoms with Gasteiger partial charge in [0.25, 0.3) is 0 Å². The summed E-state index contributed by atoms with van der Waals surface area (Å²) in [5.74, 6) is 0.775. The summed E-state index contributed by atoms with van der Waals surface area (Å²) in [4.78, 5) is 1.10. The monoisotopic (exact) mass is 331 g/mol. The third-order valence-corrected chi connectivity index (χ3v) is 4.48. The molecule has 1 heterocycles. The quantitative estimate of drug-likeness (QED) is 0.908. The van der Waals surface area contributed by atoms with Crippen LogP contribution in [0, 0.1) is 0 Å². The zero-order chi connectivity index (χ0) is 12.3. The average molecular weight is 333 g/mol. The predicted molar refractivity (Wildman–Crippen MR) is 75.9 cm³/mol. The lowest BCUT2D eigenvalue weighted by Crippen LogP contribution is -2.18. The van der Waals surface area contributed by atoms with Crippen LogP contribution in [-0.4, -0.2) is 6.61 Å². The first-order valence-electron chi connectivity index (χ1n) is 5.03. The highest BCUT2D eigenvalue weighted by molar-refractivity contribution is 9.10. The summed E-state index contributed by atoms with van der Waals surface area (Å²) in [6.45, 7) is 0.445. The van der Waals surface area contributed by atoms with Gasteiger partial charge >= 0.3 is 0 Å². The standard InChI is InChI=1S/C12H11BrClNOS/c13-10-5-6-17-12(10)11(15)7-16-9-3-1-8(14)2-4-9/h1-6,11H,7,15H2. The number of ether oxygens (including phenoxy) is 1. The third kappa shape index (κ3) is 3.45. The lowest BCUT2D eigenvalue weighted by Gasteiger charge is -2.12. The van der Waals surface area contributed by atoms with E-state index in [1.165, 1.54) is 0 Å². The van der Waals surface area contributed by atoms with Crippen LogP contribution in [0.4, 0.5) is 0 Å². The van der Waals surface area contributed by atoms with Gasteiger partial charge in [0.05, 0.1) is 6.04 Å². The molecule has 0 saturated carbocycles. The van der Waals surface area contributed by atoms with Gasteiger partial charge in [-0.1, -0.05) is 11.6 Å². The van der Waals surface area contributed by atoms with E-state index in [0.29, 0.717) is 11.6 Å². The lowest BCUT2D eigenvalue weighted by atomic mass is 10.3. The molecule has 1 unspecified atom stereocenters. The minimum atomic E-state index is -0.125. The van der Waals surface area contributed by atoms with Gasteiger partial charge in [-0.25, -0.2) is 0 Å². The molecule has 0 bridgehead atoms. The van der Waals surface area contributed by atoms with E-state index < -0.39 is 0 Å². The average Bonchev–Trinajstić information content (AvgIpc) is 2.74. The normalized spacial score (nSPS) is 12.4. The molecule has 2 N–H and O–H groups in total. The van der Waals surface area contributed by atoms with Crippen LogP contribution in [0.15, 0.2) is 40.2 Å². The van der Waals surface area contributed by atoms with Gasteiger partial charge in [0, 0.05) is 14.4 Å². The molecule has 0 amide bonds. The molecular weight excluding hydrogens is 322 g/mol. The second-order valence-electron chi connectivity index (χ2n) is 3.50. The highest BCUT2D eigenvalue weighted by Crippen LogP contribution is 2.28. The lowest BCUT2D eigenvalue weighted by molar-refractivity contribution is 0.292. The maximum atomic E-state index is 6.05. The maximum Gasteiger partial charge on any atom is 0.119 e. The number of rotatable bonds is 4. The number of benzene rings is 1. The molecule has 1 atom stereocenters. The van der Waals surface area contributed by atoms with Crippen LogP contribution in [0.2, 0.25) is 5.02 Å². The van der Waals surface area contributed by atoms with Crippen molar-refractivity contribution in [1.82, 2.24) is 0 Å². The Hall–Kier alpha value is -0.550. The van der Waals surface area contributed by atoms with Gasteiger partial charge in [-0.15, -0.1) is 11.3 Å². The molecule has 90 valence electrons. The Bertz CT molecular complexity index is 486. The van der Waals surface area contributed by atoms with Gasteiger partial charge in [0.2, 0.25) is 0 Å². The molecule has 2 aromatic rings. The first kappa shape index (κ1) is 12.9. The minimum Gasteiger partial charge on any atom is -0.492 e. The molecule has 0 aliphatic rings. The predicted octanol–water partition coefficient (Wildman–Crippen LogP) is 4.24. The van der Waals surface area contributed by atoms with E-state index in [-0.39, 0.29) is 6.04 Å². The van der Waals surface area contributed by atoms with Gasteiger partial charge in [-0.05, 0) is 51.6 Å². The van der Waals surface area contributed by atoms with Crippen LogP contribution >= 0.6 is 38.9 Å². The fourth-order valence-corrected chi connectivity index (χ4v) is 3.14. The Labute approximate surface area is 117 Å². The Balaban J connectivity index is 1.94. The van der Waals surface area contributed by atoms with Gasteiger partial charge in [0.15, 0.2) is 0 Å². The molecule has 5 heteroatoms. The van der Waals surface area contributed by atoms with Crippen molar-refractivity contribution in [2.45, 2.75) is 6.04 Å². The molecule has 0 radical (unpaired) electrons. The van der Waals surface area contributed by atoms with Gasteiger partial charge in [0.1, 0.15) is 12.4 Å². The Morgan fingerprint density at radius 3 is 2.59 bits per heavy atom. The van der Waals surface area contributed by atoms with Gasteiger partial charge in [-0.3, -0.25) is 0 Å². The van der Waals surface area contributed by atoms with Gasteiger partial charge in [-0.2, -0.15) is 0 Å². The molecule has 0 spiro atoms. The Morgan fingerprint density at radius 1 is 1.29 bits per heavy atom. The maximum absolute atomic E-state index is 6.05.